The molecule has 2 rings (SSSR count). The van der Waals surface area contributed by atoms with Crippen LogP contribution in [-0.2, 0) is 10.2 Å². The van der Waals surface area contributed by atoms with Gasteiger partial charge in [-0.2, -0.15) is 0 Å². The second-order valence-corrected chi connectivity index (χ2v) is 6.97. The van der Waals surface area contributed by atoms with Gasteiger partial charge in [-0.15, -0.1) is 0 Å². The summed E-state index contributed by atoms with van der Waals surface area (Å²) in [6, 6.07) is 9.23. The standard InChI is InChI=1S/C16H25NO/c1-15(2,3)13-8-6-12(7-9-13)14-10-18-11-16(4,5)17-14/h6-9,14,17H,10-11H2,1-5H3. The maximum absolute atomic E-state index is 5.69. The molecule has 100 valence electrons. The zero-order valence-electron chi connectivity index (χ0n) is 12.2. The smallest absolute Gasteiger partial charge is 0.0662 e. The Morgan fingerprint density at radius 3 is 2.28 bits per heavy atom. The second kappa shape index (κ2) is 4.67. The van der Waals surface area contributed by atoms with Crippen LogP contribution in [0.4, 0.5) is 0 Å². The summed E-state index contributed by atoms with van der Waals surface area (Å²) >= 11 is 0. The monoisotopic (exact) mass is 247 g/mol. The lowest BCUT2D eigenvalue weighted by atomic mass is 9.86. The van der Waals surface area contributed by atoms with E-state index in [0.29, 0.717) is 6.04 Å². The van der Waals surface area contributed by atoms with Crippen molar-refractivity contribution in [1.82, 2.24) is 5.32 Å². The first-order chi connectivity index (χ1) is 8.28. The van der Waals surface area contributed by atoms with Crippen molar-refractivity contribution in [1.29, 1.82) is 0 Å². The topological polar surface area (TPSA) is 21.3 Å². The zero-order valence-corrected chi connectivity index (χ0v) is 12.2. The average molecular weight is 247 g/mol. The van der Waals surface area contributed by atoms with Gasteiger partial charge in [0.1, 0.15) is 0 Å². The molecule has 0 aliphatic carbocycles. The Morgan fingerprint density at radius 2 is 1.78 bits per heavy atom. The summed E-state index contributed by atoms with van der Waals surface area (Å²) in [6.45, 7) is 12.6. The maximum Gasteiger partial charge on any atom is 0.0662 e. The van der Waals surface area contributed by atoms with E-state index >= 15 is 0 Å². The third-order valence-corrected chi connectivity index (χ3v) is 3.49. The SMILES string of the molecule is CC1(C)COCC(c2ccc(C(C)(C)C)cc2)N1. The minimum absolute atomic E-state index is 0.0611. The Bertz CT molecular complexity index is 400. The predicted molar refractivity (Wildman–Crippen MR) is 75.9 cm³/mol. The minimum atomic E-state index is 0.0611. The largest absolute Gasteiger partial charge is 0.378 e. The third-order valence-electron chi connectivity index (χ3n) is 3.49. The molecule has 0 aromatic heterocycles. The summed E-state index contributed by atoms with van der Waals surface area (Å²) in [5, 5.41) is 3.64. The molecule has 18 heavy (non-hydrogen) atoms. The van der Waals surface area contributed by atoms with E-state index < -0.39 is 0 Å². The van der Waals surface area contributed by atoms with Gasteiger partial charge in [-0.25, -0.2) is 0 Å². The molecular formula is C16H25NO. The van der Waals surface area contributed by atoms with Crippen molar-refractivity contribution in [2.45, 2.75) is 51.6 Å². The molecule has 1 aliphatic rings. The predicted octanol–water partition coefficient (Wildman–Crippen LogP) is 3.42. The molecule has 2 heteroatoms. The second-order valence-electron chi connectivity index (χ2n) is 6.97. The number of hydrogen-bond donors (Lipinski definition) is 1. The van der Waals surface area contributed by atoms with Crippen LogP contribution < -0.4 is 5.32 Å². The van der Waals surface area contributed by atoms with E-state index in [1.54, 1.807) is 0 Å². The van der Waals surface area contributed by atoms with Crippen molar-refractivity contribution in [2.75, 3.05) is 13.2 Å². The molecule has 0 spiro atoms. The molecule has 1 saturated heterocycles. The van der Waals surface area contributed by atoms with Crippen molar-refractivity contribution in [2.24, 2.45) is 0 Å². The van der Waals surface area contributed by atoms with Gasteiger partial charge in [0.15, 0.2) is 0 Å². The third kappa shape index (κ3) is 3.12. The van der Waals surface area contributed by atoms with E-state index in [-0.39, 0.29) is 11.0 Å². The lowest BCUT2D eigenvalue weighted by molar-refractivity contribution is 0.0127. The number of hydrogen-bond acceptors (Lipinski definition) is 2. The van der Waals surface area contributed by atoms with Crippen LogP contribution in [0.15, 0.2) is 24.3 Å². The first-order valence-corrected chi connectivity index (χ1v) is 6.74. The van der Waals surface area contributed by atoms with Gasteiger partial charge in [-0.3, -0.25) is 0 Å². The molecule has 1 atom stereocenters. The Morgan fingerprint density at radius 1 is 1.17 bits per heavy atom. The Labute approximate surface area is 111 Å². The van der Waals surface area contributed by atoms with E-state index in [9.17, 15) is 0 Å². The highest BCUT2D eigenvalue weighted by Gasteiger charge is 2.28. The van der Waals surface area contributed by atoms with E-state index in [0.717, 1.165) is 13.2 Å². The van der Waals surface area contributed by atoms with Crippen LogP contribution in [0.1, 0.15) is 51.8 Å². The van der Waals surface area contributed by atoms with E-state index in [1.165, 1.54) is 11.1 Å². The van der Waals surface area contributed by atoms with Crippen LogP contribution in [0.5, 0.6) is 0 Å². The summed E-state index contributed by atoms with van der Waals surface area (Å²) in [7, 11) is 0. The van der Waals surface area contributed by atoms with Crippen molar-refractivity contribution < 1.29 is 4.74 Å². The summed E-state index contributed by atoms with van der Waals surface area (Å²) in [5.74, 6) is 0. The van der Waals surface area contributed by atoms with Crippen LogP contribution in [0.2, 0.25) is 0 Å². The lowest BCUT2D eigenvalue weighted by Crippen LogP contribution is -2.51. The minimum Gasteiger partial charge on any atom is -0.378 e. The van der Waals surface area contributed by atoms with Gasteiger partial charge in [0, 0.05) is 5.54 Å². The first-order valence-electron chi connectivity index (χ1n) is 6.74. The van der Waals surface area contributed by atoms with Gasteiger partial charge in [-0.05, 0) is 30.4 Å². The molecule has 1 aliphatic heterocycles. The summed E-state index contributed by atoms with van der Waals surface area (Å²) in [4.78, 5) is 0. The summed E-state index contributed by atoms with van der Waals surface area (Å²) in [5.41, 5.74) is 2.97. The molecule has 1 heterocycles. The molecule has 0 amide bonds. The van der Waals surface area contributed by atoms with Gasteiger partial charge >= 0.3 is 0 Å². The number of ether oxygens (including phenoxy) is 1. The lowest BCUT2D eigenvalue weighted by Gasteiger charge is -2.37. The average Bonchev–Trinajstić information content (AvgIpc) is 2.27. The Hall–Kier alpha value is -0.860. The van der Waals surface area contributed by atoms with Gasteiger partial charge < -0.3 is 10.1 Å². The van der Waals surface area contributed by atoms with E-state index in [4.69, 9.17) is 4.74 Å². The number of rotatable bonds is 1. The highest BCUT2D eigenvalue weighted by molar-refractivity contribution is 5.29. The van der Waals surface area contributed by atoms with Gasteiger partial charge in [-0.1, -0.05) is 45.0 Å². The van der Waals surface area contributed by atoms with Gasteiger partial charge in [0.2, 0.25) is 0 Å². The van der Waals surface area contributed by atoms with Gasteiger partial charge in [0.25, 0.3) is 0 Å². The fourth-order valence-corrected chi connectivity index (χ4v) is 2.38. The number of nitrogens with one attached hydrogen (secondary N) is 1. The fraction of sp³-hybridized carbons (Fsp3) is 0.625. The molecule has 1 N–H and O–H groups in total. The van der Waals surface area contributed by atoms with Crippen LogP contribution in [0.25, 0.3) is 0 Å². The number of benzene rings is 1. The molecule has 0 radical (unpaired) electrons. The van der Waals surface area contributed by atoms with Crippen LogP contribution in [0, 0.1) is 0 Å². The molecule has 0 bridgehead atoms. The van der Waals surface area contributed by atoms with Crippen molar-refractivity contribution in [3.05, 3.63) is 35.4 Å². The molecule has 1 fully saturated rings. The Kier molecular flexibility index (Phi) is 3.52. The summed E-state index contributed by atoms with van der Waals surface area (Å²) in [6.07, 6.45) is 0. The van der Waals surface area contributed by atoms with Crippen molar-refractivity contribution in [3.8, 4) is 0 Å². The van der Waals surface area contributed by atoms with Crippen molar-refractivity contribution in [3.63, 3.8) is 0 Å². The zero-order chi connectivity index (χ0) is 13.4. The molecule has 2 nitrogen and oxygen atoms in total. The van der Waals surface area contributed by atoms with E-state index in [1.807, 2.05) is 0 Å². The molecule has 1 aromatic carbocycles. The van der Waals surface area contributed by atoms with Crippen LogP contribution in [-0.4, -0.2) is 18.8 Å². The highest BCUT2D eigenvalue weighted by Crippen LogP contribution is 2.26. The number of morpholine rings is 1. The molecule has 1 aromatic rings. The van der Waals surface area contributed by atoms with Crippen LogP contribution >= 0.6 is 0 Å². The van der Waals surface area contributed by atoms with Gasteiger partial charge in [0.05, 0.1) is 19.3 Å². The van der Waals surface area contributed by atoms with Crippen molar-refractivity contribution >= 4 is 0 Å². The maximum atomic E-state index is 5.69. The van der Waals surface area contributed by atoms with Crippen LogP contribution in [0.3, 0.4) is 0 Å². The molecule has 0 saturated carbocycles. The Balaban J connectivity index is 2.15. The molecule has 1 unspecified atom stereocenters. The molecular weight excluding hydrogens is 222 g/mol. The van der Waals surface area contributed by atoms with E-state index in [2.05, 4.69) is 64.2 Å². The highest BCUT2D eigenvalue weighted by atomic mass is 16.5. The fourth-order valence-electron chi connectivity index (χ4n) is 2.38. The quantitative estimate of drug-likeness (QED) is 0.821. The normalized spacial score (nSPS) is 23.9. The first kappa shape index (κ1) is 13.6. The summed E-state index contributed by atoms with van der Waals surface area (Å²) < 4.78 is 5.69.